The van der Waals surface area contributed by atoms with Gasteiger partial charge >= 0.3 is 6.03 Å². The van der Waals surface area contributed by atoms with Crippen molar-refractivity contribution >= 4 is 29.0 Å². The monoisotopic (exact) mass is 367 g/mol. The van der Waals surface area contributed by atoms with E-state index < -0.39 is 0 Å². The highest BCUT2D eigenvalue weighted by molar-refractivity contribution is 6.30. The fourth-order valence-corrected chi connectivity index (χ4v) is 2.56. The topological polar surface area (TPSA) is 63.2 Å². The predicted molar refractivity (Wildman–Crippen MR) is 105 cm³/mol. The lowest BCUT2D eigenvalue weighted by Crippen LogP contribution is -2.20. The largest absolute Gasteiger partial charge is 0.497 e. The van der Waals surface area contributed by atoms with Crippen LogP contribution >= 0.6 is 11.6 Å². The van der Waals surface area contributed by atoms with E-state index in [0.717, 1.165) is 22.7 Å². The fourth-order valence-electron chi connectivity index (χ4n) is 2.43. The Bertz CT molecular complexity index is 909. The number of benzene rings is 2. The second-order valence-corrected chi connectivity index (χ2v) is 6.08. The minimum atomic E-state index is -0.339. The van der Waals surface area contributed by atoms with Gasteiger partial charge in [0.2, 0.25) is 0 Å². The van der Waals surface area contributed by atoms with Crippen LogP contribution in [0.25, 0.3) is 11.3 Å². The molecule has 0 unspecified atom stereocenters. The minimum absolute atomic E-state index is 0.339. The third-order valence-electron chi connectivity index (χ3n) is 3.82. The van der Waals surface area contributed by atoms with Gasteiger partial charge in [0.15, 0.2) is 0 Å². The van der Waals surface area contributed by atoms with E-state index in [1.54, 1.807) is 31.4 Å². The molecule has 0 bridgehead atoms. The Hall–Kier alpha value is -3.05. The summed E-state index contributed by atoms with van der Waals surface area (Å²) in [7, 11) is 1.63. The molecule has 1 heterocycles. The summed E-state index contributed by atoms with van der Waals surface area (Å²) in [5, 5.41) is 6.17. The molecule has 2 N–H and O–H groups in total. The molecule has 0 aliphatic rings. The summed E-state index contributed by atoms with van der Waals surface area (Å²) >= 11 is 5.84. The van der Waals surface area contributed by atoms with Crippen molar-refractivity contribution in [3.63, 3.8) is 0 Å². The van der Waals surface area contributed by atoms with Gasteiger partial charge in [-0.1, -0.05) is 11.6 Å². The number of nitrogens with zero attached hydrogens (tertiary/aromatic N) is 1. The zero-order chi connectivity index (χ0) is 18.5. The van der Waals surface area contributed by atoms with Crippen LogP contribution in [0, 0.1) is 6.92 Å². The molecule has 26 heavy (non-hydrogen) atoms. The number of methoxy groups -OCH3 is 1. The van der Waals surface area contributed by atoms with Gasteiger partial charge < -0.3 is 15.4 Å². The first-order valence-electron chi connectivity index (χ1n) is 8.01. The summed E-state index contributed by atoms with van der Waals surface area (Å²) in [6.07, 6.45) is 0. The predicted octanol–water partition coefficient (Wildman–Crippen LogP) is 5.36. The highest BCUT2D eigenvalue weighted by Crippen LogP contribution is 2.24. The van der Waals surface area contributed by atoms with E-state index >= 15 is 0 Å². The number of carbonyl (C=O) groups excluding carboxylic acids is 1. The number of ether oxygens (including phenoxy) is 1. The van der Waals surface area contributed by atoms with Gasteiger partial charge in [0.05, 0.1) is 24.2 Å². The summed E-state index contributed by atoms with van der Waals surface area (Å²) in [5.74, 6) is 0.794. The van der Waals surface area contributed by atoms with Crippen LogP contribution in [0.5, 0.6) is 5.75 Å². The van der Waals surface area contributed by atoms with E-state index in [1.165, 1.54) is 0 Å². The van der Waals surface area contributed by atoms with Crippen LogP contribution in [0.2, 0.25) is 5.02 Å². The maximum atomic E-state index is 12.1. The average Bonchev–Trinajstić information content (AvgIpc) is 2.65. The molecule has 2 aromatic carbocycles. The van der Waals surface area contributed by atoms with Crippen LogP contribution in [0.15, 0.2) is 60.7 Å². The second kappa shape index (κ2) is 7.89. The SMILES string of the molecule is COc1ccc(-c2ccc(NC(=O)Nc3ccc(Cl)cc3)c(C)n2)cc1. The first-order valence-corrected chi connectivity index (χ1v) is 8.38. The number of rotatable bonds is 4. The molecule has 2 amide bonds. The summed E-state index contributed by atoms with van der Waals surface area (Å²) < 4.78 is 5.16. The molecule has 5 nitrogen and oxygen atoms in total. The van der Waals surface area contributed by atoms with E-state index in [-0.39, 0.29) is 6.03 Å². The fraction of sp³-hybridized carbons (Fsp3) is 0.100. The van der Waals surface area contributed by atoms with Crippen molar-refractivity contribution in [1.82, 2.24) is 4.98 Å². The summed E-state index contributed by atoms with van der Waals surface area (Å²) in [4.78, 5) is 16.7. The zero-order valence-corrected chi connectivity index (χ0v) is 15.2. The molecule has 132 valence electrons. The third-order valence-corrected chi connectivity index (χ3v) is 4.07. The molecule has 1 aromatic heterocycles. The molecule has 3 aromatic rings. The highest BCUT2D eigenvalue weighted by Gasteiger charge is 2.08. The number of pyridine rings is 1. The van der Waals surface area contributed by atoms with Crippen molar-refractivity contribution in [3.05, 3.63) is 71.4 Å². The van der Waals surface area contributed by atoms with Gasteiger partial charge in [-0.05, 0) is 67.6 Å². The summed E-state index contributed by atoms with van der Waals surface area (Å²) in [6, 6.07) is 17.9. The number of urea groups is 1. The Morgan fingerprint density at radius 3 is 2.27 bits per heavy atom. The lowest BCUT2D eigenvalue weighted by Gasteiger charge is -2.11. The number of anilines is 2. The Morgan fingerprint density at radius 1 is 0.962 bits per heavy atom. The lowest BCUT2D eigenvalue weighted by molar-refractivity contribution is 0.262. The van der Waals surface area contributed by atoms with Gasteiger partial charge in [-0.2, -0.15) is 0 Å². The highest BCUT2D eigenvalue weighted by atomic mass is 35.5. The molecule has 0 aliphatic heterocycles. The molecule has 6 heteroatoms. The Labute approximate surface area is 157 Å². The molecule has 0 fully saturated rings. The number of halogens is 1. The minimum Gasteiger partial charge on any atom is -0.497 e. The number of aromatic nitrogens is 1. The van der Waals surface area contributed by atoms with Crippen molar-refractivity contribution in [3.8, 4) is 17.0 Å². The first kappa shape index (κ1) is 17.8. The van der Waals surface area contributed by atoms with Gasteiger partial charge in [0.1, 0.15) is 5.75 Å². The molecule has 0 saturated carbocycles. The first-order chi connectivity index (χ1) is 12.5. The zero-order valence-electron chi connectivity index (χ0n) is 14.4. The maximum absolute atomic E-state index is 12.1. The number of carbonyl (C=O) groups is 1. The molecular formula is C20H18ClN3O2. The number of hydrogen-bond acceptors (Lipinski definition) is 3. The molecule has 3 rings (SSSR count). The summed E-state index contributed by atoms with van der Waals surface area (Å²) in [5.41, 5.74) is 3.84. The van der Waals surface area contributed by atoms with Gasteiger partial charge in [-0.25, -0.2) is 4.79 Å². The normalized spacial score (nSPS) is 10.3. The van der Waals surface area contributed by atoms with E-state index in [2.05, 4.69) is 15.6 Å². The van der Waals surface area contributed by atoms with Gasteiger partial charge in [0, 0.05) is 16.3 Å². The molecule has 0 spiro atoms. The van der Waals surface area contributed by atoms with Crippen molar-refractivity contribution in [2.45, 2.75) is 6.92 Å². The molecular weight excluding hydrogens is 350 g/mol. The van der Waals surface area contributed by atoms with Gasteiger partial charge in [-0.3, -0.25) is 4.98 Å². The second-order valence-electron chi connectivity index (χ2n) is 5.64. The maximum Gasteiger partial charge on any atom is 0.323 e. The lowest BCUT2D eigenvalue weighted by atomic mass is 10.1. The number of amides is 2. The molecule has 0 aliphatic carbocycles. The number of aryl methyl sites for hydroxylation is 1. The van der Waals surface area contributed by atoms with Crippen LogP contribution in [0.4, 0.5) is 16.2 Å². The van der Waals surface area contributed by atoms with Gasteiger partial charge in [-0.15, -0.1) is 0 Å². The van der Waals surface area contributed by atoms with Crippen LogP contribution in [-0.2, 0) is 0 Å². The smallest absolute Gasteiger partial charge is 0.323 e. The van der Waals surface area contributed by atoms with Crippen molar-refractivity contribution in [1.29, 1.82) is 0 Å². The summed E-state index contributed by atoms with van der Waals surface area (Å²) in [6.45, 7) is 1.85. The van der Waals surface area contributed by atoms with E-state index in [4.69, 9.17) is 16.3 Å². The quantitative estimate of drug-likeness (QED) is 0.652. The van der Waals surface area contributed by atoms with E-state index in [9.17, 15) is 4.79 Å². The van der Waals surface area contributed by atoms with Crippen LogP contribution < -0.4 is 15.4 Å². The van der Waals surface area contributed by atoms with E-state index in [1.807, 2.05) is 43.3 Å². The standard InChI is InChI=1S/C20H18ClN3O2/c1-13-18(24-20(25)23-16-7-5-15(21)6-8-16)11-12-19(22-13)14-3-9-17(26-2)10-4-14/h3-12H,1-2H3,(H2,23,24,25). The van der Waals surface area contributed by atoms with Crippen molar-refractivity contribution < 1.29 is 9.53 Å². The average molecular weight is 368 g/mol. The molecule has 0 atom stereocenters. The molecule has 0 saturated heterocycles. The number of nitrogens with one attached hydrogen (secondary N) is 2. The van der Waals surface area contributed by atoms with Crippen LogP contribution in [0.1, 0.15) is 5.69 Å². The Kier molecular flexibility index (Phi) is 5.39. The van der Waals surface area contributed by atoms with Crippen molar-refractivity contribution in [2.24, 2.45) is 0 Å². The Morgan fingerprint density at radius 2 is 1.65 bits per heavy atom. The number of hydrogen-bond donors (Lipinski definition) is 2. The van der Waals surface area contributed by atoms with E-state index in [0.29, 0.717) is 16.4 Å². The van der Waals surface area contributed by atoms with Crippen LogP contribution in [0.3, 0.4) is 0 Å². The van der Waals surface area contributed by atoms with Crippen LogP contribution in [-0.4, -0.2) is 18.1 Å². The third kappa shape index (κ3) is 4.32. The molecule has 0 radical (unpaired) electrons. The van der Waals surface area contributed by atoms with Crippen molar-refractivity contribution in [2.75, 3.05) is 17.7 Å². The Balaban J connectivity index is 1.70. The van der Waals surface area contributed by atoms with Gasteiger partial charge in [0.25, 0.3) is 0 Å².